The molecule has 2 rings (SSSR count). The molecule has 0 saturated heterocycles. The summed E-state index contributed by atoms with van der Waals surface area (Å²) >= 11 is 0. The van der Waals surface area contributed by atoms with E-state index in [1.165, 1.54) is 0 Å². The summed E-state index contributed by atoms with van der Waals surface area (Å²) in [5.74, 6) is -110. The van der Waals surface area contributed by atoms with Crippen LogP contribution in [0, 0.1) is 17.3 Å². The first-order chi connectivity index (χ1) is 29.2. The van der Waals surface area contributed by atoms with Gasteiger partial charge in [0.2, 0.25) is 0 Å². The van der Waals surface area contributed by atoms with Crippen LogP contribution in [-0.4, -0.2) is 118 Å². The largest absolute Gasteiger partial charge is 0.465 e. The molecule has 4 N–H and O–H groups in total. The van der Waals surface area contributed by atoms with Crippen molar-refractivity contribution in [1.29, 1.82) is 0 Å². The van der Waals surface area contributed by atoms with Gasteiger partial charge in [-0.05, 0) is 68.6 Å². The molecule has 2 aliphatic carbocycles. The van der Waals surface area contributed by atoms with Crippen molar-refractivity contribution >= 4 is 12.2 Å². The molecule has 2 saturated carbocycles. The van der Waals surface area contributed by atoms with Crippen LogP contribution in [0.4, 0.5) is 141 Å². The Bertz CT molecular complexity index is 1630. The third-order valence-corrected chi connectivity index (χ3v) is 11.6. The molecule has 0 aliphatic heterocycles. The Kier molecular flexibility index (Phi) is 15.5. The molecule has 0 radical (unpaired) electrons. The molecule has 0 heterocycles. The molecule has 0 atom stereocenters. The Morgan fingerprint density at radius 2 is 0.522 bits per heavy atom. The maximum Gasteiger partial charge on any atom is 0.460 e. The van der Waals surface area contributed by atoms with Gasteiger partial charge in [-0.3, -0.25) is 0 Å². The van der Waals surface area contributed by atoms with Crippen molar-refractivity contribution in [2.75, 3.05) is 0 Å². The van der Waals surface area contributed by atoms with Crippen molar-refractivity contribution in [3.8, 4) is 0 Å². The van der Waals surface area contributed by atoms with Crippen LogP contribution in [0.3, 0.4) is 0 Å². The second kappa shape index (κ2) is 17.4. The van der Waals surface area contributed by atoms with Gasteiger partial charge < -0.3 is 20.8 Å². The molecule has 67 heavy (non-hydrogen) atoms. The van der Waals surface area contributed by atoms with E-state index in [-0.39, 0.29) is 0 Å². The van der Waals surface area contributed by atoms with Gasteiger partial charge in [0, 0.05) is 24.9 Å². The summed E-state index contributed by atoms with van der Waals surface area (Å²) < 4.78 is 428. The van der Waals surface area contributed by atoms with E-state index in [2.05, 4.69) is 0 Å². The lowest BCUT2D eigenvalue weighted by molar-refractivity contribution is -0.456. The molecule has 6 nitrogen and oxygen atoms in total. The number of amides is 2. The van der Waals surface area contributed by atoms with Crippen LogP contribution in [0.1, 0.15) is 64.2 Å². The van der Waals surface area contributed by atoms with Crippen LogP contribution in [0.5, 0.6) is 0 Å². The first-order valence-electron chi connectivity index (χ1n) is 17.9. The minimum Gasteiger partial charge on any atom is -0.465 e. The lowest BCUT2D eigenvalue weighted by Gasteiger charge is -2.54. The summed E-state index contributed by atoms with van der Waals surface area (Å²) in [6.07, 6.45) is -39.3. The fraction of sp³-hybridized carbons (Fsp3) is 0.935. The van der Waals surface area contributed by atoms with Gasteiger partial charge in [-0.1, -0.05) is 0 Å². The van der Waals surface area contributed by atoms with Crippen LogP contribution in [0.25, 0.3) is 0 Å². The summed E-state index contributed by atoms with van der Waals surface area (Å²) in [5, 5.41) is 21.0. The molecule has 2 amide bonds. The first kappa shape index (κ1) is 59.6. The van der Waals surface area contributed by atoms with Gasteiger partial charge >= 0.3 is 95.6 Å². The van der Waals surface area contributed by atoms with Gasteiger partial charge in [0.05, 0.1) is 0 Å². The zero-order valence-corrected chi connectivity index (χ0v) is 31.9. The topological polar surface area (TPSA) is 98.7 Å². The molecule has 2 aliphatic rings. The first-order valence-corrected chi connectivity index (χ1v) is 17.9. The van der Waals surface area contributed by atoms with Crippen molar-refractivity contribution in [1.82, 2.24) is 10.6 Å². The van der Waals surface area contributed by atoms with Crippen molar-refractivity contribution in [2.45, 2.75) is 160 Å². The Labute approximate surface area is 352 Å². The Balaban J connectivity index is 3.12. The minimum absolute atomic E-state index is 1.13. The van der Waals surface area contributed by atoms with Crippen LogP contribution < -0.4 is 10.6 Å². The van der Waals surface area contributed by atoms with E-state index in [1.807, 2.05) is 0 Å². The SMILES string of the molecule is O=C(O)NC1CCC(C(CC(F)(F)C(F)(F)C(F)(F)C(F)(F)C(F)(F)C(F)(F)C(F)(F)F)(CC(F)(F)C(F)(F)C(F)(F)C(F)(F)C(F)(F)C(F)(F)C(F)(F)F)C2CCC(NC(=O)O)CC2)CC1. The van der Waals surface area contributed by atoms with Gasteiger partial charge in [0.15, 0.2) is 0 Å². The second-order valence-electron chi connectivity index (χ2n) is 15.7. The van der Waals surface area contributed by atoms with Crippen LogP contribution in [-0.2, 0) is 0 Å². The van der Waals surface area contributed by atoms with E-state index >= 15 is 35.1 Å². The molecule has 0 aromatic rings. The number of carbonyl (C=O) groups is 2. The summed E-state index contributed by atoms with van der Waals surface area (Å²) in [4.78, 5) is 22.2. The maximum absolute atomic E-state index is 16.0. The average Bonchev–Trinajstić information content (AvgIpc) is 3.12. The van der Waals surface area contributed by atoms with Crippen molar-refractivity contribution < 1.29 is 152 Å². The number of hydrogen-bond donors (Lipinski definition) is 4. The molecule has 0 unspecified atom stereocenters. The summed E-state index contributed by atoms with van der Waals surface area (Å²) in [6, 6.07) is -3.26. The predicted octanol–water partition coefficient (Wildman–Crippen LogP) is 13.2. The minimum atomic E-state index is -9.11. The van der Waals surface area contributed by atoms with Crippen molar-refractivity contribution in [2.24, 2.45) is 17.3 Å². The zero-order valence-electron chi connectivity index (χ0n) is 31.9. The second-order valence-corrected chi connectivity index (χ2v) is 15.7. The average molecular weight is 1060 g/mol. The Hall–Kier alpha value is -3.56. The van der Waals surface area contributed by atoms with E-state index in [0.717, 1.165) is 0 Å². The number of carboxylic acid groups (broad SMARTS) is 2. The van der Waals surface area contributed by atoms with E-state index in [9.17, 15) is 106 Å². The van der Waals surface area contributed by atoms with Crippen LogP contribution >= 0.6 is 0 Å². The number of hydrogen-bond acceptors (Lipinski definition) is 2. The van der Waals surface area contributed by atoms with E-state index < -0.39 is 189 Å². The highest BCUT2D eigenvalue weighted by Crippen LogP contribution is 2.69. The van der Waals surface area contributed by atoms with Crippen molar-refractivity contribution in [3.05, 3.63) is 0 Å². The molecule has 2 fully saturated rings. The van der Waals surface area contributed by atoms with Gasteiger partial charge in [0.25, 0.3) is 0 Å². The molecule has 0 spiro atoms. The molecule has 0 bridgehead atoms. The van der Waals surface area contributed by atoms with Crippen LogP contribution in [0.2, 0.25) is 0 Å². The molecule has 0 aromatic heterocycles. The number of nitrogens with one attached hydrogen (secondary N) is 2. The lowest BCUT2D eigenvalue weighted by atomic mass is 9.53. The van der Waals surface area contributed by atoms with Crippen molar-refractivity contribution in [3.63, 3.8) is 0 Å². The van der Waals surface area contributed by atoms with Gasteiger partial charge in [0.1, 0.15) is 0 Å². The highest BCUT2D eigenvalue weighted by Gasteiger charge is 2.95. The fourth-order valence-electron chi connectivity index (χ4n) is 7.99. The monoisotopic (exact) mass is 1060 g/mol. The molecule has 0 aromatic carbocycles. The summed E-state index contributed by atoms with van der Waals surface area (Å²) in [6.45, 7) is 0. The maximum atomic E-state index is 16.0. The Morgan fingerprint density at radius 1 is 0.328 bits per heavy atom. The quantitative estimate of drug-likeness (QED) is 0.103. The Morgan fingerprint density at radius 3 is 0.716 bits per heavy atom. The van der Waals surface area contributed by atoms with Crippen LogP contribution in [0.15, 0.2) is 0 Å². The zero-order chi connectivity index (χ0) is 53.4. The predicted molar refractivity (Wildman–Crippen MR) is 157 cm³/mol. The number of alkyl halides is 30. The molecular formula is C31H28F30N2O4. The highest BCUT2D eigenvalue weighted by molar-refractivity contribution is 5.65. The standard InChI is InChI=1S/C31H28F30N2O4/c32-18(33,20(36,37)22(40,41)24(44,45)26(48,49)28(52,53)30(56,57)58)9-17(11-1-5-13(6-2-11)62-15(64)65,12-3-7-14(8-4-12)63-16(66)67)10-19(34,35)21(38,39)23(42,43)25(46,47)27(50,51)29(54,55)31(59,60)61/h11-14,62-63H,1-10H2,(H,64,65)(H,66,67). The van der Waals surface area contributed by atoms with Gasteiger partial charge in [-0.2, -0.15) is 132 Å². The third kappa shape index (κ3) is 9.32. The molecule has 396 valence electrons. The van der Waals surface area contributed by atoms with Gasteiger partial charge in [-0.15, -0.1) is 0 Å². The highest BCUT2D eigenvalue weighted by atomic mass is 19.4. The number of halogens is 30. The molecular weight excluding hydrogens is 1030 g/mol. The summed E-state index contributed by atoms with van der Waals surface area (Å²) in [7, 11) is 0. The van der Waals surface area contributed by atoms with E-state index in [0.29, 0.717) is 0 Å². The normalized spacial score (nSPS) is 22.7. The van der Waals surface area contributed by atoms with E-state index in [4.69, 9.17) is 10.2 Å². The third-order valence-electron chi connectivity index (χ3n) is 11.6. The number of rotatable bonds is 18. The fourth-order valence-corrected chi connectivity index (χ4v) is 7.99. The molecule has 36 heteroatoms. The van der Waals surface area contributed by atoms with Gasteiger partial charge in [-0.25, -0.2) is 9.59 Å². The lowest BCUT2D eigenvalue weighted by Crippen LogP contribution is -2.73. The smallest absolute Gasteiger partial charge is 0.460 e. The summed E-state index contributed by atoms with van der Waals surface area (Å²) in [5.41, 5.74) is -4.74. The van der Waals surface area contributed by atoms with E-state index in [1.54, 1.807) is 10.6 Å².